The smallest absolute Gasteiger partial charge is 0.255 e. The van der Waals surface area contributed by atoms with E-state index < -0.39 is 0 Å². The van der Waals surface area contributed by atoms with E-state index in [0.717, 1.165) is 35.2 Å². The van der Waals surface area contributed by atoms with Crippen LogP contribution in [0.5, 0.6) is 0 Å². The van der Waals surface area contributed by atoms with Crippen LogP contribution in [0.25, 0.3) is 10.9 Å². The van der Waals surface area contributed by atoms with E-state index in [4.69, 9.17) is 0 Å². The van der Waals surface area contributed by atoms with Crippen LogP contribution >= 0.6 is 0 Å². The molecule has 3 aromatic carbocycles. The highest BCUT2D eigenvalue weighted by Crippen LogP contribution is 2.27. The summed E-state index contributed by atoms with van der Waals surface area (Å²) in [5, 5.41) is 4.04. The van der Waals surface area contributed by atoms with Crippen molar-refractivity contribution < 1.29 is 9.18 Å². The Hall–Kier alpha value is -3.44. The molecule has 0 bridgehead atoms. The lowest BCUT2D eigenvalue weighted by Gasteiger charge is -2.25. The van der Waals surface area contributed by atoms with Crippen molar-refractivity contribution >= 4 is 22.5 Å². The Morgan fingerprint density at radius 2 is 1.78 bits per heavy atom. The summed E-state index contributed by atoms with van der Waals surface area (Å²) >= 11 is 0. The molecule has 0 aliphatic carbocycles. The number of hydrogen-bond acceptors (Lipinski definition) is 2. The molecule has 0 aliphatic heterocycles. The van der Waals surface area contributed by atoms with Gasteiger partial charge in [0.2, 0.25) is 0 Å². The fraction of sp³-hybridized carbons (Fsp3) is 0.222. The Bertz CT molecular complexity index is 1220. The van der Waals surface area contributed by atoms with Gasteiger partial charge >= 0.3 is 0 Å². The maximum absolute atomic E-state index is 13.1. The number of rotatable bonds is 7. The minimum Gasteiger partial charge on any atom is -0.358 e. The van der Waals surface area contributed by atoms with Gasteiger partial charge in [0.15, 0.2) is 0 Å². The van der Waals surface area contributed by atoms with E-state index in [-0.39, 0.29) is 11.7 Å². The van der Waals surface area contributed by atoms with Gasteiger partial charge in [-0.2, -0.15) is 0 Å². The SMILES string of the molecule is Cc1[nH]c2ccc(NC(=O)c3ccc(F)cc3)cc2c1CCN(C)[C@@H](C)c1ccccc1. The molecule has 32 heavy (non-hydrogen) atoms. The van der Waals surface area contributed by atoms with Crippen LogP contribution in [-0.4, -0.2) is 29.4 Å². The van der Waals surface area contributed by atoms with Crippen molar-refractivity contribution in [2.24, 2.45) is 0 Å². The number of amides is 1. The highest BCUT2D eigenvalue weighted by Gasteiger charge is 2.15. The number of halogens is 1. The summed E-state index contributed by atoms with van der Waals surface area (Å²) in [7, 11) is 2.15. The first-order chi connectivity index (χ1) is 15.4. The minimum absolute atomic E-state index is 0.255. The molecule has 1 aromatic heterocycles. The third-order valence-electron chi connectivity index (χ3n) is 6.14. The van der Waals surface area contributed by atoms with Gasteiger partial charge in [-0.1, -0.05) is 30.3 Å². The molecule has 0 saturated heterocycles. The Morgan fingerprint density at radius 1 is 1.06 bits per heavy atom. The molecule has 5 heteroatoms. The van der Waals surface area contributed by atoms with Gasteiger partial charge in [0.05, 0.1) is 0 Å². The van der Waals surface area contributed by atoms with Crippen molar-refractivity contribution in [3.63, 3.8) is 0 Å². The first-order valence-electron chi connectivity index (χ1n) is 10.9. The van der Waals surface area contributed by atoms with Crippen LogP contribution in [0.4, 0.5) is 10.1 Å². The van der Waals surface area contributed by atoms with Gasteiger partial charge in [-0.15, -0.1) is 0 Å². The molecule has 0 fully saturated rings. The molecule has 0 radical (unpaired) electrons. The van der Waals surface area contributed by atoms with Crippen molar-refractivity contribution in [3.05, 3.63) is 101 Å². The van der Waals surface area contributed by atoms with E-state index in [9.17, 15) is 9.18 Å². The number of fused-ring (bicyclic) bond motifs is 1. The molecule has 0 unspecified atom stereocenters. The Balaban J connectivity index is 1.50. The summed E-state index contributed by atoms with van der Waals surface area (Å²) in [6, 6.07) is 22.3. The Labute approximate surface area is 188 Å². The zero-order chi connectivity index (χ0) is 22.7. The van der Waals surface area contributed by atoms with E-state index in [1.807, 2.05) is 24.3 Å². The number of carbonyl (C=O) groups is 1. The van der Waals surface area contributed by atoms with Gasteiger partial charge in [0.1, 0.15) is 5.82 Å². The van der Waals surface area contributed by atoms with Gasteiger partial charge in [-0.3, -0.25) is 9.69 Å². The highest BCUT2D eigenvalue weighted by molar-refractivity contribution is 6.05. The van der Waals surface area contributed by atoms with Crippen LogP contribution in [0.3, 0.4) is 0 Å². The van der Waals surface area contributed by atoms with Gasteiger partial charge in [-0.05, 0) is 80.9 Å². The molecule has 1 heterocycles. The van der Waals surface area contributed by atoms with Crippen LogP contribution in [-0.2, 0) is 6.42 Å². The van der Waals surface area contributed by atoms with Crippen LogP contribution in [0, 0.1) is 12.7 Å². The van der Waals surface area contributed by atoms with E-state index in [2.05, 4.69) is 60.4 Å². The summed E-state index contributed by atoms with van der Waals surface area (Å²) in [5.41, 5.74) is 5.90. The van der Waals surface area contributed by atoms with Gasteiger partial charge in [-0.25, -0.2) is 4.39 Å². The number of H-pyrrole nitrogens is 1. The lowest BCUT2D eigenvalue weighted by atomic mass is 10.0. The summed E-state index contributed by atoms with van der Waals surface area (Å²) in [6.45, 7) is 5.23. The number of aromatic nitrogens is 1. The maximum Gasteiger partial charge on any atom is 0.255 e. The maximum atomic E-state index is 13.1. The summed E-state index contributed by atoms with van der Waals surface area (Å²) in [4.78, 5) is 18.3. The molecule has 164 valence electrons. The van der Waals surface area contributed by atoms with Crippen molar-refractivity contribution in [2.45, 2.75) is 26.3 Å². The number of nitrogens with zero attached hydrogens (tertiary/aromatic N) is 1. The number of aryl methyl sites for hydroxylation is 1. The summed E-state index contributed by atoms with van der Waals surface area (Å²) in [6.07, 6.45) is 0.898. The molecular weight excluding hydrogens is 401 g/mol. The average molecular weight is 430 g/mol. The molecule has 0 spiro atoms. The Kier molecular flexibility index (Phi) is 6.37. The van der Waals surface area contributed by atoms with Crippen molar-refractivity contribution in [2.75, 3.05) is 18.9 Å². The van der Waals surface area contributed by atoms with Crippen molar-refractivity contribution in [1.29, 1.82) is 0 Å². The number of aromatic amines is 1. The topological polar surface area (TPSA) is 48.1 Å². The third kappa shape index (κ3) is 4.73. The number of hydrogen-bond donors (Lipinski definition) is 2. The van der Waals surface area contributed by atoms with Crippen LogP contribution in [0.1, 0.15) is 40.1 Å². The summed E-state index contributed by atoms with van der Waals surface area (Å²) in [5.74, 6) is -0.614. The van der Waals surface area contributed by atoms with Crippen LogP contribution in [0.2, 0.25) is 0 Å². The third-order valence-corrected chi connectivity index (χ3v) is 6.14. The van der Waals surface area contributed by atoms with Gasteiger partial charge < -0.3 is 10.3 Å². The molecular formula is C27H28FN3O. The van der Waals surface area contributed by atoms with Gasteiger partial charge in [0.25, 0.3) is 5.91 Å². The normalized spacial score (nSPS) is 12.3. The molecule has 0 aliphatic rings. The molecule has 4 rings (SSSR count). The largest absolute Gasteiger partial charge is 0.358 e. The standard InChI is InChI=1S/C27H28FN3O/c1-18-24(15-16-31(3)19(2)20-7-5-4-6-8-20)25-17-23(13-14-26(25)29-18)30-27(32)21-9-11-22(28)12-10-21/h4-14,17,19,29H,15-16H2,1-3H3,(H,30,32)/t19-/m0/s1. The molecule has 4 nitrogen and oxygen atoms in total. The predicted octanol–water partition coefficient (Wildman–Crippen LogP) is 6.10. The summed E-state index contributed by atoms with van der Waals surface area (Å²) < 4.78 is 13.1. The molecule has 1 amide bonds. The lowest BCUT2D eigenvalue weighted by Crippen LogP contribution is -2.25. The van der Waals surface area contributed by atoms with Crippen LogP contribution in [0.15, 0.2) is 72.8 Å². The first-order valence-corrected chi connectivity index (χ1v) is 10.9. The number of benzene rings is 3. The predicted molar refractivity (Wildman–Crippen MR) is 129 cm³/mol. The molecule has 4 aromatic rings. The molecule has 0 saturated carbocycles. The first kappa shape index (κ1) is 21.8. The van der Waals surface area contributed by atoms with E-state index in [1.54, 1.807) is 0 Å². The minimum atomic E-state index is -0.359. The number of anilines is 1. The fourth-order valence-corrected chi connectivity index (χ4v) is 4.05. The van der Waals surface area contributed by atoms with Crippen molar-refractivity contribution in [3.8, 4) is 0 Å². The molecule has 2 N–H and O–H groups in total. The second kappa shape index (κ2) is 9.37. The zero-order valence-electron chi connectivity index (χ0n) is 18.7. The van der Waals surface area contributed by atoms with E-state index >= 15 is 0 Å². The monoisotopic (exact) mass is 429 g/mol. The molecule has 1 atom stereocenters. The van der Waals surface area contributed by atoms with E-state index in [1.165, 1.54) is 35.4 Å². The fourth-order valence-electron chi connectivity index (χ4n) is 4.05. The second-order valence-electron chi connectivity index (χ2n) is 8.27. The highest BCUT2D eigenvalue weighted by atomic mass is 19.1. The Morgan fingerprint density at radius 3 is 2.50 bits per heavy atom. The number of carbonyl (C=O) groups excluding carboxylic acids is 1. The number of likely N-dealkylation sites (N-methyl/N-ethyl adjacent to an activating group) is 1. The average Bonchev–Trinajstić information content (AvgIpc) is 3.12. The van der Waals surface area contributed by atoms with E-state index in [0.29, 0.717) is 11.6 Å². The quantitative estimate of drug-likeness (QED) is 0.373. The zero-order valence-corrected chi connectivity index (χ0v) is 18.7. The second-order valence-corrected chi connectivity index (χ2v) is 8.27. The van der Waals surface area contributed by atoms with Crippen LogP contribution < -0.4 is 5.32 Å². The van der Waals surface area contributed by atoms with Crippen molar-refractivity contribution in [1.82, 2.24) is 9.88 Å². The lowest BCUT2D eigenvalue weighted by molar-refractivity contribution is 0.102. The van der Waals surface area contributed by atoms with Gasteiger partial charge in [0, 0.05) is 40.4 Å². The number of nitrogens with one attached hydrogen (secondary N) is 2.